The zero-order valence-corrected chi connectivity index (χ0v) is 19.8. The SMILES string of the molecule is CCNC(=NCC1(c2cccc(Cl)c2)CC1)N1CCC(N2CCOCC2)C1.I. The van der Waals surface area contributed by atoms with Crippen molar-refractivity contribution in [3.63, 3.8) is 0 Å². The van der Waals surface area contributed by atoms with E-state index in [1.54, 1.807) is 0 Å². The minimum absolute atomic E-state index is 0. The molecule has 1 unspecified atom stereocenters. The van der Waals surface area contributed by atoms with Gasteiger partial charge in [0.05, 0.1) is 19.8 Å². The molecular weight excluding hydrogens is 487 g/mol. The van der Waals surface area contributed by atoms with Gasteiger partial charge >= 0.3 is 0 Å². The van der Waals surface area contributed by atoms with Crippen molar-refractivity contribution in [2.75, 3.05) is 52.5 Å². The van der Waals surface area contributed by atoms with E-state index in [9.17, 15) is 0 Å². The van der Waals surface area contributed by atoms with Gasteiger partial charge in [0.25, 0.3) is 0 Å². The van der Waals surface area contributed by atoms with Gasteiger partial charge in [-0.05, 0) is 43.9 Å². The van der Waals surface area contributed by atoms with Crippen LogP contribution in [-0.4, -0.2) is 74.3 Å². The molecule has 0 aromatic heterocycles. The molecule has 3 aliphatic rings. The summed E-state index contributed by atoms with van der Waals surface area (Å²) >= 11 is 6.21. The molecule has 2 aliphatic heterocycles. The van der Waals surface area contributed by atoms with Crippen LogP contribution in [-0.2, 0) is 10.2 Å². The molecule has 2 saturated heterocycles. The van der Waals surface area contributed by atoms with Crippen LogP contribution in [0.2, 0.25) is 5.02 Å². The van der Waals surface area contributed by atoms with Crippen molar-refractivity contribution in [1.29, 1.82) is 0 Å². The largest absolute Gasteiger partial charge is 0.379 e. The fraction of sp³-hybridized carbons (Fsp3) is 0.667. The fourth-order valence-corrected chi connectivity index (χ4v) is 4.52. The maximum Gasteiger partial charge on any atom is 0.193 e. The standard InChI is InChI=1S/C21H31ClN4O.HI/c1-2-23-20(26-9-6-19(15-26)25-10-12-27-13-11-25)24-16-21(7-8-21)17-4-3-5-18(22)14-17;/h3-5,14,19H,2,6-13,15-16H2,1H3,(H,23,24);1H. The summed E-state index contributed by atoms with van der Waals surface area (Å²) in [7, 11) is 0. The Balaban J connectivity index is 0.00000225. The number of guanidine groups is 1. The molecule has 2 heterocycles. The summed E-state index contributed by atoms with van der Waals surface area (Å²) in [6, 6.07) is 8.94. The van der Waals surface area contributed by atoms with Gasteiger partial charge in [-0.3, -0.25) is 9.89 Å². The predicted octanol–water partition coefficient (Wildman–Crippen LogP) is 3.36. The molecule has 0 bridgehead atoms. The molecule has 1 atom stereocenters. The molecule has 7 heteroatoms. The van der Waals surface area contributed by atoms with Crippen LogP contribution in [0.3, 0.4) is 0 Å². The van der Waals surface area contributed by atoms with E-state index >= 15 is 0 Å². The number of nitrogens with one attached hydrogen (secondary N) is 1. The van der Waals surface area contributed by atoms with E-state index in [1.807, 2.05) is 6.07 Å². The maximum atomic E-state index is 6.21. The number of hydrogen-bond donors (Lipinski definition) is 1. The van der Waals surface area contributed by atoms with Crippen molar-refractivity contribution in [2.45, 2.75) is 37.6 Å². The van der Waals surface area contributed by atoms with E-state index in [2.05, 4.69) is 40.2 Å². The third-order valence-corrected chi connectivity index (χ3v) is 6.42. The number of likely N-dealkylation sites (tertiary alicyclic amines) is 1. The summed E-state index contributed by atoms with van der Waals surface area (Å²) in [6.45, 7) is 9.90. The quantitative estimate of drug-likeness (QED) is 0.369. The van der Waals surface area contributed by atoms with Crippen molar-refractivity contribution in [1.82, 2.24) is 15.1 Å². The van der Waals surface area contributed by atoms with E-state index in [0.29, 0.717) is 6.04 Å². The van der Waals surface area contributed by atoms with Gasteiger partial charge in [-0.15, -0.1) is 24.0 Å². The number of ether oxygens (including phenoxy) is 1. The summed E-state index contributed by atoms with van der Waals surface area (Å²) < 4.78 is 5.50. The van der Waals surface area contributed by atoms with Gasteiger partial charge in [-0.1, -0.05) is 23.7 Å². The smallest absolute Gasteiger partial charge is 0.193 e. The first-order valence-electron chi connectivity index (χ1n) is 10.3. The van der Waals surface area contributed by atoms with E-state index < -0.39 is 0 Å². The van der Waals surface area contributed by atoms with Crippen LogP contribution in [0.15, 0.2) is 29.3 Å². The molecule has 5 nitrogen and oxygen atoms in total. The summed E-state index contributed by atoms with van der Waals surface area (Å²) in [6.07, 6.45) is 3.61. The fourth-order valence-electron chi connectivity index (χ4n) is 4.33. The van der Waals surface area contributed by atoms with E-state index in [4.69, 9.17) is 21.3 Å². The number of morpholine rings is 1. The molecule has 0 amide bonds. The van der Waals surface area contributed by atoms with Crippen molar-refractivity contribution in [3.8, 4) is 0 Å². The van der Waals surface area contributed by atoms with Crippen molar-refractivity contribution in [3.05, 3.63) is 34.9 Å². The van der Waals surface area contributed by atoms with Gasteiger partial charge in [0.15, 0.2) is 5.96 Å². The zero-order valence-electron chi connectivity index (χ0n) is 16.7. The predicted molar refractivity (Wildman–Crippen MR) is 126 cm³/mol. The van der Waals surface area contributed by atoms with E-state index in [-0.39, 0.29) is 29.4 Å². The average molecular weight is 519 g/mol. The molecule has 1 saturated carbocycles. The topological polar surface area (TPSA) is 40.1 Å². The Labute approximate surface area is 190 Å². The Morgan fingerprint density at radius 2 is 2.07 bits per heavy atom. The van der Waals surface area contributed by atoms with Crippen LogP contribution >= 0.6 is 35.6 Å². The highest BCUT2D eigenvalue weighted by Crippen LogP contribution is 2.48. The third-order valence-electron chi connectivity index (χ3n) is 6.18. The van der Waals surface area contributed by atoms with Crippen LogP contribution in [0.25, 0.3) is 0 Å². The van der Waals surface area contributed by atoms with E-state index in [1.165, 1.54) is 24.8 Å². The Kier molecular flexibility index (Phi) is 7.87. The second kappa shape index (κ2) is 9.96. The number of aliphatic imine (C=N–C) groups is 1. The van der Waals surface area contributed by atoms with Gasteiger partial charge in [-0.25, -0.2) is 0 Å². The molecule has 156 valence electrons. The van der Waals surface area contributed by atoms with Crippen molar-refractivity contribution in [2.24, 2.45) is 4.99 Å². The maximum absolute atomic E-state index is 6.21. The van der Waals surface area contributed by atoms with Gasteiger partial charge in [0, 0.05) is 49.2 Å². The minimum atomic E-state index is 0. The summed E-state index contributed by atoms with van der Waals surface area (Å²) in [5.74, 6) is 1.07. The molecule has 0 spiro atoms. The zero-order chi connectivity index (χ0) is 18.7. The van der Waals surface area contributed by atoms with Crippen LogP contribution in [0, 0.1) is 0 Å². The lowest BCUT2D eigenvalue weighted by molar-refractivity contribution is 0.0195. The normalized spacial score (nSPS) is 24.7. The van der Waals surface area contributed by atoms with Gasteiger partial charge in [0.2, 0.25) is 0 Å². The number of hydrogen-bond acceptors (Lipinski definition) is 3. The first-order valence-corrected chi connectivity index (χ1v) is 10.7. The van der Waals surface area contributed by atoms with Gasteiger partial charge in [0.1, 0.15) is 0 Å². The third kappa shape index (κ3) is 5.12. The lowest BCUT2D eigenvalue weighted by Crippen LogP contribution is -2.46. The second-order valence-electron chi connectivity index (χ2n) is 8.00. The number of halogens is 2. The van der Waals surface area contributed by atoms with Crippen LogP contribution in [0.5, 0.6) is 0 Å². The van der Waals surface area contributed by atoms with E-state index in [0.717, 1.165) is 63.5 Å². The Bertz CT molecular complexity index is 676. The van der Waals surface area contributed by atoms with Gasteiger partial charge in [-0.2, -0.15) is 0 Å². The highest BCUT2D eigenvalue weighted by molar-refractivity contribution is 14.0. The Morgan fingerprint density at radius 1 is 1.29 bits per heavy atom. The molecule has 28 heavy (non-hydrogen) atoms. The molecule has 4 rings (SSSR count). The first-order chi connectivity index (χ1) is 13.2. The molecule has 1 aromatic carbocycles. The van der Waals surface area contributed by atoms with Crippen LogP contribution in [0.1, 0.15) is 31.7 Å². The highest BCUT2D eigenvalue weighted by atomic mass is 127. The number of benzene rings is 1. The lowest BCUT2D eigenvalue weighted by Gasteiger charge is -2.32. The summed E-state index contributed by atoms with van der Waals surface area (Å²) in [4.78, 5) is 10.1. The molecular formula is C21H32ClIN4O. The summed E-state index contributed by atoms with van der Waals surface area (Å²) in [5, 5.41) is 4.34. The highest BCUT2D eigenvalue weighted by Gasteiger charge is 2.44. The van der Waals surface area contributed by atoms with Crippen LogP contribution in [0.4, 0.5) is 0 Å². The number of nitrogens with zero attached hydrogens (tertiary/aromatic N) is 3. The number of rotatable bonds is 5. The average Bonchev–Trinajstić information content (AvgIpc) is 3.33. The second-order valence-corrected chi connectivity index (χ2v) is 8.43. The minimum Gasteiger partial charge on any atom is -0.379 e. The Morgan fingerprint density at radius 3 is 2.75 bits per heavy atom. The van der Waals surface area contributed by atoms with Crippen molar-refractivity contribution < 1.29 is 4.74 Å². The van der Waals surface area contributed by atoms with Crippen LogP contribution < -0.4 is 5.32 Å². The monoisotopic (exact) mass is 518 g/mol. The Hall–Kier alpha value is -0.570. The van der Waals surface area contributed by atoms with Gasteiger partial charge < -0.3 is 15.0 Å². The molecule has 1 aromatic rings. The molecule has 3 fully saturated rings. The molecule has 1 N–H and O–H groups in total. The molecule has 1 aliphatic carbocycles. The van der Waals surface area contributed by atoms with Crippen molar-refractivity contribution >= 4 is 41.5 Å². The molecule has 0 radical (unpaired) electrons. The first kappa shape index (κ1) is 22.1. The summed E-state index contributed by atoms with van der Waals surface area (Å²) in [5.41, 5.74) is 1.52. The lowest BCUT2D eigenvalue weighted by atomic mass is 9.96.